The monoisotopic (exact) mass is 733 g/mol. The van der Waals surface area contributed by atoms with Gasteiger partial charge in [0.25, 0.3) is 5.91 Å². The minimum Gasteiger partial charge on any atom is -0.461 e. The summed E-state index contributed by atoms with van der Waals surface area (Å²) in [5.41, 5.74) is 1.06. The fraction of sp³-hybridized carbons (Fsp3) is 0.325. The van der Waals surface area contributed by atoms with E-state index in [1.54, 1.807) is 17.5 Å². The van der Waals surface area contributed by atoms with E-state index in [4.69, 9.17) is 22.7 Å². The van der Waals surface area contributed by atoms with Crippen LogP contribution in [0.1, 0.15) is 29.8 Å². The predicted molar refractivity (Wildman–Crippen MR) is 199 cm³/mol. The predicted octanol–water partition coefficient (Wildman–Crippen LogP) is 6.93. The third-order valence-corrected chi connectivity index (χ3v) is 11.3. The van der Waals surface area contributed by atoms with Gasteiger partial charge in [0.05, 0.1) is 5.54 Å². The molecule has 3 aromatic carbocycles. The Labute approximate surface area is 308 Å². The van der Waals surface area contributed by atoms with Crippen molar-refractivity contribution < 1.29 is 22.7 Å². The van der Waals surface area contributed by atoms with E-state index in [1.807, 2.05) is 41.3 Å². The lowest BCUT2D eigenvalue weighted by Crippen LogP contribution is -2.56. The number of terminal acetylenes is 1. The maximum absolute atomic E-state index is 17.0. The number of ether oxygens (including phenoxy) is 1. The fourth-order valence-electron chi connectivity index (χ4n) is 8.16. The van der Waals surface area contributed by atoms with Gasteiger partial charge < -0.3 is 19.4 Å². The maximum Gasteiger partial charge on any atom is 0.319 e. The topological polar surface area (TPSA) is 79.0 Å². The number of hydrogen-bond donors (Lipinski definition) is 0. The van der Waals surface area contributed by atoms with E-state index in [2.05, 4.69) is 25.6 Å². The van der Waals surface area contributed by atoms with Gasteiger partial charge in [0.15, 0.2) is 11.6 Å². The van der Waals surface area contributed by atoms with E-state index >= 15 is 8.78 Å². The number of hydrogen-bond acceptors (Lipinski definition) is 8. The molecule has 0 radical (unpaired) electrons. The molecule has 0 spiro atoms. The van der Waals surface area contributed by atoms with Gasteiger partial charge in [-0.1, -0.05) is 42.3 Å². The summed E-state index contributed by atoms with van der Waals surface area (Å²) in [6.45, 7) is 9.23. The van der Waals surface area contributed by atoms with E-state index < -0.39 is 35.3 Å². The van der Waals surface area contributed by atoms with E-state index in [9.17, 15) is 9.18 Å². The van der Waals surface area contributed by atoms with Gasteiger partial charge in [-0.3, -0.25) is 9.69 Å². The molecule has 9 nitrogen and oxygen atoms in total. The highest BCUT2D eigenvalue weighted by atomic mass is 32.1. The van der Waals surface area contributed by atoms with Gasteiger partial charge >= 0.3 is 6.01 Å². The molecule has 53 heavy (non-hydrogen) atoms. The molecule has 3 aliphatic heterocycles. The zero-order valence-corrected chi connectivity index (χ0v) is 29.5. The minimum atomic E-state index is -0.967. The fourth-order valence-corrected chi connectivity index (χ4v) is 8.72. The summed E-state index contributed by atoms with van der Waals surface area (Å²) in [5.74, 6) is 0.686. The molecule has 3 saturated heterocycles. The van der Waals surface area contributed by atoms with Crippen LogP contribution in [0.4, 0.5) is 19.0 Å². The molecule has 13 heteroatoms. The summed E-state index contributed by atoms with van der Waals surface area (Å²) in [6, 6.07) is 13.9. The van der Waals surface area contributed by atoms with Gasteiger partial charge in [0.2, 0.25) is 6.54 Å². The molecule has 0 bridgehead atoms. The summed E-state index contributed by atoms with van der Waals surface area (Å²) in [4.78, 5) is 35.7. The number of nitrogens with zero attached hydrogens (tertiary/aromatic N) is 7. The smallest absolute Gasteiger partial charge is 0.319 e. The van der Waals surface area contributed by atoms with Gasteiger partial charge in [-0.05, 0) is 42.5 Å². The Hall–Kier alpha value is -5.50. The Bertz CT molecular complexity index is 2330. The number of alkyl halides is 1. The molecule has 3 fully saturated rings. The summed E-state index contributed by atoms with van der Waals surface area (Å²) < 4.78 is 53.1. The first-order valence-corrected chi connectivity index (χ1v) is 18.3. The number of amides is 1. The van der Waals surface area contributed by atoms with Crippen LogP contribution in [-0.2, 0) is 4.79 Å². The molecule has 5 aromatic rings. The Morgan fingerprint density at radius 2 is 1.98 bits per heavy atom. The van der Waals surface area contributed by atoms with E-state index in [1.165, 1.54) is 22.4 Å². The molecule has 0 N–H and O–H groups in total. The molecule has 5 heterocycles. The number of rotatable bonds is 8. The van der Waals surface area contributed by atoms with Gasteiger partial charge in [-0.15, -0.1) is 17.8 Å². The number of halogens is 3. The first kappa shape index (κ1) is 34.6. The van der Waals surface area contributed by atoms with Crippen LogP contribution >= 0.6 is 11.3 Å². The number of piperazine rings is 1. The maximum atomic E-state index is 17.0. The van der Waals surface area contributed by atoms with Crippen molar-refractivity contribution in [3.63, 3.8) is 0 Å². The lowest BCUT2D eigenvalue weighted by molar-refractivity contribution is -0.130. The van der Waals surface area contributed by atoms with Crippen LogP contribution in [0.5, 0.6) is 6.01 Å². The molecular formula is C40H34F3N7O2S. The number of benzene rings is 3. The minimum absolute atomic E-state index is 0.0194. The number of aromatic nitrogens is 3. The van der Waals surface area contributed by atoms with Gasteiger partial charge in [-0.25, -0.2) is 24.7 Å². The highest BCUT2D eigenvalue weighted by Gasteiger charge is 2.49. The van der Waals surface area contributed by atoms with Crippen molar-refractivity contribution in [3.8, 4) is 29.5 Å². The highest BCUT2D eigenvalue weighted by Crippen LogP contribution is 2.41. The molecule has 2 aromatic heterocycles. The summed E-state index contributed by atoms with van der Waals surface area (Å²) >= 11 is 1.20. The molecular weight excluding hydrogens is 700 g/mol. The van der Waals surface area contributed by atoms with E-state index in [0.717, 1.165) is 36.2 Å². The summed E-state index contributed by atoms with van der Waals surface area (Å²) in [7, 11) is 0. The molecule has 0 unspecified atom stereocenters. The van der Waals surface area contributed by atoms with E-state index in [0.29, 0.717) is 45.9 Å². The lowest BCUT2D eigenvalue weighted by atomic mass is 9.93. The molecule has 1 amide bonds. The van der Waals surface area contributed by atoms with Gasteiger partial charge in [0, 0.05) is 72.2 Å². The highest BCUT2D eigenvalue weighted by molar-refractivity contribution is 7.10. The van der Waals surface area contributed by atoms with Crippen LogP contribution in [0.2, 0.25) is 0 Å². The van der Waals surface area contributed by atoms with E-state index in [-0.39, 0.29) is 44.3 Å². The van der Waals surface area contributed by atoms with Crippen LogP contribution in [0.25, 0.3) is 43.7 Å². The van der Waals surface area contributed by atoms with Crippen molar-refractivity contribution >= 4 is 50.8 Å². The average Bonchev–Trinajstić information content (AvgIpc) is 3.90. The third-order valence-electron chi connectivity index (χ3n) is 10.6. The average molecular weight is 734 g/mol. The van der Waals surface area contributed by atoms with Crippen molar-refractivity contribution in [1.29, 1.82) is 0 Å². The molecule has 0 aliphatic carbocycles. The van der Waals surface area contributed by atoms with Crippen molar-refractivity contribution in [3.05, 3.63) is 93.7 Å². The molecule has 8 rings (SSSR count). The van der Waals surface area contributed by atoms with Crippen molar-refractivity contribution in [2.45, 2.75) is 37.0 Å². The normalized spacial score (nSPS) is 21.9. The second kappa shape index (κ2) is 14.1. The van der Waals surface area contributed by atoms with Crippen LogP contribution in [0.15, 0.2) is 65.9 Å². The molecule has 3 aliphatic rings. The third kappa shape index (κ3) is 6.34. The summed E-state index contributed by atoms with van der Waals surface area (Å²) in [6.07, 6.45) is 9.57. The second-order valence-corrected chi connectivity index (χ2v) is 14.6. The van der Waals surface area contributed by atoms with Gasteiger partial charge in [0.1, 0.15) is 35.2 Å². The quantitative estimate of drug-likeness (QED) is 0.0973. The Morgan fingerprint density at radius 1 is 1.13 bits per heavy atom. The van der Waals surface area contributed by atoms with Crippen LogP contribution < -0.4 is 9.64 Å². The Morgan fingerprint density at radius 3 is 2.77 bits per heavy atom. The van der Waals surface area contributed by atoms with Crippen LogP contribution in [0, 0.1) is 24.7 Å². The van der Waals surface area contributed by atoms with Crippen LogP contribution in [0.3, 0.4) is 0 Å². The summed E-state index contributed by atoms with van der Waals surface area (Å²) in [5, 5.41) is 4.05. The molecule has 268 valence electrons. The van der Waals surface area contributed by atoms with Crippen molar-refractivity contribution in [1.82, 2.24) is 24.8 Å². The molecule has 3 atom stereocenters. The van der Waals surface area contributed by atoms with Crippen LogP contribution in [-0.4, -0.2) is 94.3 Å². The standard InChI is InChI=1S/C40H34F3N7O2S/c1-3-25-7-4-8-26-9-5-10-29(34(25)26)30-11-12-31-36(35(30)43)46-39(52-24-40-13-6-15-49(40)22-27(41)20-40)47-37(31)48-16-17-50(28(23-48)21-44-2)38(51)32(42)19-33-45-14-18-53-33/h1,4-5,7-12,14,18-19,27-28H,6,13,15-17,20-24H2/b32-19-/t27-,28+,40+/m1/s1. The van der Waals surface area contributed by atoms with Crippen molar-refractivity contribution in [2.75, 3.05) is 50.8 Å². The SMILES string of the molecule is [C-]#[N+]C[C@H]1CN(c2nc(OC[C@@]34CCCN3C[C@H](F)C4)nc3c(F)c(-c4cccc5cccc(C#C)c45)ccc23)CCN1C(=O)/C(F)=C/c1nccs1. The number of anilines is 1. The first-order chi connectivity index (χ1) is 25.8. The molecule has 0 saturated carbocycles. The number of carbonyl (C=O) groups excluding carboxylic acids is 1. The largest absolute Gasteiger partial charge is 0.461 e. The van der Waals surface area contributed by atoms with Gasteiger partial charge in [-0.2, -0.15) is 9.97 Å². The zero-order valence-electron chi connectivity index (χ0n) is 28.6. The Kier molecular flexibility index (Phi) is 9.23. The second-order valence-electron chi connectivity index (χ2n) is 13.7. The number of fused-ring (bicyclic) bond motifs is 3. The first-order valence-electron chi connectivity index (χ1n) is 17.5. The lowest BCUT2D eigenvalue weighted by Gasteiger charge is -2.39. The number of carbonyl (C=O) groups is 1. The van der Waals surface area contributed by atoms with Crippen molar-refractivity contribution in [2.24, 2.45) is 0 Å². The number of thiazole rings is 1. The zero-order chi connectivity index (χ0) is 36.7. The Balaban J connectivity index is 1.19.